The number of benzene rings is 2. The molecular weight excluding hydrogens is 371 g/mol. The summed E-state index contributed by atoms with van der Waals surface area (Å²) in [6, 6.07) is 12.6. The zero-order chi connectivity index (χ0) is 20.1. The summed E-state index contributed by atoms with van der Waals surface area (Å²) < 4.78 is 45.1. The molecule has 6 nitrogen and oxygen atoms in total. The number of rotatable bonds is 7. The number of hydrogen-bond acceptors (Lipinski definition) is 5. The Morgan fingerprint density at radius 1 is 1.00 bits per heavy atom. The second kappa shape index (κ2) is 8.39. The van der Waals surface area contributed by atoms with Gasteiger partial charge in [0.2, 0.25) is 0 Å². The fraction of sp³-hybridized carbons (Fsp3) is 0.316. The molecule has 2 aromatic carbocycles. The minimum atomic E-state index is -4.38. The molecule has 9 heteroatoms. The highest BCUT2D eigenvalue weighted by Gasteiger charge is 2.30. The van der Waals surface area contributed by atoms with Gasteiger partial charge >= 0.3 is 6.18 Å². The Hall–Kier alpha value is -2.94. The Labute approximate surface area is 160 Å². The molecule has 0 aliphatic heterocycles. The third kappa shape index (κ3) is 4.86. The van der Waals surface area contributed by atoms with Crippen LogP contribution in [-0.2, 0) is 19.3 Å². The van der Waals surface area contributed by atoms with Crippen LogP contribution >= 0.6 is 0 Å². The van der Waals surface area contributed by atoms with E-state index in [-0.39, 0.29) is 0 Å². The average molecular weight is 391 g/mol. The van der Waals surface area contributed by atoms with Crippen molar-refractivity contribution in [1.29, 1.82) is 0 Å². The van der Waals surface area contributed by atoms with Gasteiger partial charge < -0.3 is 4.74 Å². The van der Waals surface area contributed by atoms with Crippen LogP contribution in [0.15, 0.2) is 48.5 Å². The molecule has 0 aliphatic rings. The molecule has 0 N–H and O–H groups in total. The third-order valence-electron chi connectivity index (χ3n) is 4.07. The topological polar surface area (TPSA) is 56.1 Å². The summed E-state index contributed by atoms with van der Waals surface area (Å²) in [7, 11) is 1.92. The molecule has 0 amide bonds. The highest BCUT2D eigenvalue weighted by molar-refractivity contribution is 5.35. The summed E-state index contributed by atoms with van der Waals surface area (Å²) in [5.74, 6) is 1.35. The van der Waals surface area contributed by atoms with Crippen molar-refractivity contribution in [2.75, 3.05) is 13.7 Å². The van der Waals surface area contributed by atoms with Crippen LogP contribution in [0.5, 0.6) is 5.75 Å². The first kappa shape index (κ1) is 19.8. The second-order valence-corrected chi connectivity index (χ2v) is 6.30. The Kier molecular flexibility index (Phi) is 5.93. The number of alkyl halides is 3. The highest BCUT2D eigenvalue weighted by Crippen LogP contribution is 2.29. The van der Waals surface area contributed by atoms with Crippen molar-refractivity contribution >= 4 is 0 Å². The van der Waals surface area contributed by atoms with E-state index in [4.69, 9.17) is 4.74 Å². The predicted molar refractivity (Wildman–Crippen MR) is 96.9 cm³/mol. The molecule has 0 bridgehead atoms. The molecule has 0 unspecified atom stereocenters. The molecule has 0 fully saturated rings. The predicted octanol–water partition coefficient (Wildman–Crippen LogP) is 3.71. The van der Waals surface area contributed by atoms with E-state index in [1.165, 1.54) is 16.8 Å². The maximum Gasteiger partial charge on any atom is 0.416 e. The van der Waals surface area contributed by atoms with Crippen molar-refractivity contribution in [3.05, 3.63) is 65.5 Å². The normalized spacial score (nSPS) is 11.8. The van der Waals surface area contributed by atoms with Gasteiger partial charge in [-0.15, -0.1) is 5.10 Å². The van der Waals surface area contributed by atoms with E-state index >= 15 is 0 Å². The molecule has 0 atom stereocenters. The van der Waals surface area contributed by atoms with E-state index in [2.05, 4.69) is 15.5 Å². The third-order valence-corrected chi connectivity index (χ3v) is 4.07. The van der Waals surface area contributed by atoms with Crippen LogP contribution in [0.3, 0.4) is 0 Å². The smallest absolute Gasteiger partial charge is 0.416 e. The van der Waals surface area contributed by atoms with Crippen LogP contribution in [-0.4, -0.2) is 38.8 Å². The van der Waals surface area contributed by atoms with Crippen molar-refractivity contribution in [2.24, 2.45) is 0 Å². The van der Waals surface area contributed by atoms with Gasteiger partial charge in [-0.25, -0.2) is 0 Å². The Balaban J connectivity index is 1.68. The Morgan fingerprint density at radius 2 is 1.68 bits per heavy atom. The van der Waals surface area contributed by atoms with Crippen molar-refractivity contribution < 1.29 is 17.9 Å². The largest absolute Gasteiger partial charge is 0.494 e. The Bertz CT molecular complexity index is 891. The van der Waals surface area contributed by atoms with Gasteiger partial charge in [-0.1, -0.05) is 12.1 Å². The molecule has 0 saturated carbocycles. The van der Waals surface area contributed by atoms with E-state index in [9.17, 15) is 13.2 Å². The maximum absolute atomic E-state index is 12.7. The van der Waals surface area contributed by atoms with Crippen LogP contribution < -0.4 is 4.74 Å². The number of nitrogens with zero attached hydrogens (tertiary/aromatic N) is 5. The van der Waals surface area contributed by atoms with Gasteiger partial charge in [0.05, 0.1) is 24.4 Å². The van der Waals surface area contributed by atoms with Crippen molar-refractivity contribution in [1.82, 2.24) is 25.1 Å². The van der Waals surface area contributed by atoms with Gasteiger partial charge in [0, 0.05) is 6.54 Å². The minimum Gasteiger partial charge on any atom is -0.494 e. The van der Waals surface area contributed by atoms with Crippen LogP contribution in [0, 0.1) is 0 Å². The molecule has 0 spiro atoms. The van der Waals surface area contributed by atoms with Gasteiger partial charge in [-0.05, 0) is 66.4 Å². The molecule has 0 aliphatic carbocycles. The first-order chi connectivity index (χ1) is 13.4. The summed E-state index contributed by atoms with van der Waals surface area (Å²) in [5, 5.41) is 11.6. The standard InChI is InChI=1S/C19H20F3N5O/c1-3-28-17-10-4-14(5-11-17)12-26(2)13-18-23-24-25-27(18)16-8-6-15(7-9-16)19(20,21)22/h4-11H,3,12-13H2,1-2H3. The lowest BCUT2D eigenvalue weighted by Gasteiger charge is -2.16. The average Bonchev–Trinajstić information content (AvgIpc) is 3.11. The molecule has 3 rings (SSSR count). The number of hydrogen-bond donors (Lipinski definition) is 0. The summed E-state index contributed by atoms with van der Waals surface area (Å²) >= 11 is 0. The zero-order valence-electron chi connectivity index (χ0n) is 15.5. The van der Waals surface area contributed by atoms with Gasteiger partial charge in [0.1, 0.15) is 5.75 Å². The number of halogens is 3. The lowest BCUT2D eigenvalue weighted by molar-refractivity contribution is -0.137. The molecule has 0 saturated heterocycles. The van der Waals surface area contributed by atoms with Crippen LogP contribution in [0.1, 0.15) is 23.9 Å². The number of tetrazole rings is 1. The molecule has 3 aromatic rings. The van der Waals surface area contributed by atoms with Crippen LogP contribution in [0.25, 0.3) is 5.69 Å². The quantitative estimate of drug-likeness (QED) is 0.615. The number of ether oxygens (including phenoxy) is 1. The first-order valence-corrected chi connectivity index (χ1v) is 8.72. The second-order valence-electron chi connectivity index (χ2n) is 6.30. The molecule has 0 radical (unpaired) electrons. The summed E-state index contributed by atoms with van der Waals surface area (Å²) in [6.07, 6.45) is -4.38. The van der Waals surface area contributed by atoms with E-state index in [0.717, 1.165) is 23.4 Å². The number of aromatic nitrogens is 4. The van der Waals surface area contributed by atoms with E-state index in [0.29, 0.717) is 31.2 Å². The summed E-state index contributed by atoms with van der Waals surface area (Å²) in [6.45, 7) is 3.64. The molecule has 1 heterocycles. The Morgan fingerprint density at radius 3 is 2.29 bits per heavy atom. The SMILES string of the molecule is CCOc1ccc(CN(C)Cc2nnnn2-c2ccc(C(F)(F)F)cc2)cc1. The van der Waals surface area contributed by atoms with E-state index in [1.54, 1.807) is 0 Å². The van der Waals surface area contributed by atoms with Gasteiger partial charge in [-0.3, -0.25) is 4.90 Å². The summed E-state index contributed by atoms with van der Waals surface area (Å²) in [5.41, 5.74) is 0.862. The monoisotopic (exact) mass is 391 g/mol. The summed E-state index contributed by atoms with van der Waals surface area (Å²) in [4.78, 5) is 2.02. The van der Waals surface area contributed by atoms with Crippen LogP contribution in [0.2, 0.25) is 0 Å². The molecule has 148 valence electrons. The van der Waals surface area contributed by atoms with Gasteiger partial charge in [0.15, 0.2) is 5.82 Å². The molecule has 1 aromatic heterocycles. The fourth-order valence-corrected chi connectivity index (χ4v) is 2.76. The molecular formula is C19H20F3N5O. The van der Waals surface area contributed by atoms with E-state index < -0.39 is 11.7 Å². The zero-order valence-corrected chi connectivity index (χ0v) is 15.5. The lowest BCUT2D eigenvalue weighted by Crippen LogP contribution is -2.20. The fourth-order valence-electron chi connectivity index (χ4n) is 2.76. The van der Waals surface area contributed by atoms with Gasteiger partial charge in [-0.2, -0.15) is 17.9 Å². The molecule has 28 heavy (non-hydrogen) atoms. The van der Waals surface area contributed by atoms with Crippen LogP contribution in [0.4, 0.5) is 13.2 Å². The van der Waals surface area contributed by atoms with Crippen molar-refractivity contribution in [3.8, 4) is 11.4 Å². The lowest BCUT2D eigenvalue weighted by atomic mass is 10.2. The van der Waals surface area contributed by atoms with Gasteiger partial charge in [0.25, 0.3) is 0 Å². The van der Waals surface area contributed by atoms with E-state index in [1.807, 2.05) is 43.1 Å². The van der Waals surface area contributed by atoms with Crippen molar-refractivity contribution in [2.45, 2.75) is 26.2 Å². The highest BCUT2D eigenvalue weighted by atomic mass is 19.4. The minimum absolute atomic E-state index is 0.432. The maximum atomic E-state index is 12.7. The first-order valence-electron chi connectivity index (χ1n) is 8.72. The van der Waals surface area contributed by atoms with Crippen molar-refractivity contribution in [3.63, 3.8) is 0 Å².